The molecule has 0 atom stereocenters. The minimum absolute atomic E-state index is 0.226. The quantitative estimate of drug-likeness (QED) is 0.478. The van der Waals surface area contributed by atoms with E-state index in [0.717, 1.165) is 0 Å². The Hall–Kier alpha value is -4.47. The van der Waals surface area contributed by atoms with Crippen LogP contribution in [-0.2, 0) is 0 Å². The third-order valence-electron chi connectivity index (χ3n) is 4.66. The van der Waals surface area contributed by atoms with Crippen LogP contribution in [0, 0.1) is 12.7 Å². The van der Waals surface area contributed by atoms with E-state index in [4.69, 9.17) is 4.52 Å². The fourth-order valence-corrected chi connectivity index (χ4v) is 3.16. The third-order valence-corrected chi connectivity index (χ3v) is 4.66. The van der Waals surface area contributed by atoms with Crippen LogP contribution in [-0.4, -0.2) is 35.8 Å². The minimum Gasteiger partial charge on any atom is -0.335 e. The summed E-state index contributed by atoms with van der Waals surface area (Å²) in [5, 5.41) is 11.3. The standard InChI is InChI=1S/C21H14FN7O2/c1-12-19-16(8-17(27-21(19)31-28-12)13-2-4-14(22)5-3-13)20(30)26-15-6-7-18(24-9-15)29-11-23-10-25-29/h2-11H,1H3,(H,26,30). The van der Waals surface area contributed by atoms with Crippen LogP contribution < -0.4 is 5.32 Å². The predicted molar refractivity (Wildman–Crippen MR) is 109 cm³/mol. The molecule has 0 unspecified atom stereocenters. The van der Waals surface area contributed by atoms with Crippen LogP contribution in [0.5, 0.6) is 0 Å². The summed E-state index contributed by atoms with van der Waals surface area (Å²) >= 11 is 0. The Morgan fingerprint density at radius 3 is 2.71 bits per heavy atom. The van der Waals surface area contributed by atoms with E-state index in [1.165, 1.54) is 35.7 Å². The smallest absolute Gasteiger partial charge is 0.259 e. The van der Waals surface area contributed by atoms with Crippen LogP contribution in [0.25, 0.3) is 28.2 Å². The molecule has 0 aliphatic carbocycles. The number of amides is 1. The number of hydrogen-bond acceptors (Lipinski definition) is 7. The van der Waals surface area contributed by atoms with Gasteiger partial charge in [0.25, 0.3) is 11.6 Å². The highest BCUT2D eigenvalue weighted by Gasteiger charge is 2.20. The summed E-state index contributed by atoms with van der Waals surface area (Å²) in [4.78, 5) is 25.7. The maximum atomic E-state index is 13.3. The first-order valence-electron chi connectivity index (χ1n) is 9.24. The third kappa shape index (κ3) is 3.50. The second kappa shape index (κ2) is 7.41. The minimum atomic E-state index is -0.377. The van der Waals surface area contributed by atoms with Gasteiger partial charge in [-0.2, -0.15) is 5.10 Å². The molecule has 0 bridgehead atoms. The van der Waals surface area contributed by atoms with Crippen molar-refractivity contribution in [2.45, 2.75) is 6.92 Å². The fourth-order valence-electron chi connectivity index (χ4n) is 3.16. The van der Waals surface area contributed by atoms with Crippen molar-refractivity contribution in [1.82, 2.24) is 29.9 Å². The van der Waals surface area contributed by atoms with Gasteiger partial charge in [-0.1, -0.05) is 5.16 Å². The van der Waals surface area contributed by atoms with Gasteiger partial charge in [-0.05, 0) is 49.4 Å². The zero-order valence-corrected chi connectivity index (χ0v) is 16.2. The van der Waals surface area contributed by atoms with Crippen molar-refractivity contribution in [2.75, 3.05) is 5.32 Å². The van der Waals surface area contributed by atoms with E-state index in [2.05, 4.69) is 30.5 Å². The van der Waals surface area contributed by atoms with Gasteiger partial charge in [-0.15, -0.1) is 0 Å². The normalized spacial score (nSPS) is 11.0. The highest BCUT2D eigenvalue weighted by atomic mass is 19.1. The summed E-state index contributed by atoms with van der Waals surface area (Å²) in [7, 11) is 0. The first kappa shape index (κ1) is 18.6. The first-order valence-corrected chi connectivity index (χ1v) is 9.24. The molecule has 10 heteroatoms. The summed E-state index contributed by atoms with van der Waals surface area (Å²) in [6.07, 6.45) is 4.46. The molecule has 1 aromatic carbocycles. The topological polar surface area (TPSA) is 112 Å². The summed E-state index contributed by atoms with van der Waals surface area (Å²) in [5.74, 6) is -0.173. The number of rotatable bonds is 4. The SMILES string of the molecule is Cc1noc2nc(-c3ccc(F)cc3)cc(C(=O)Nc3ccc(-n4cncn4)nc3)c12. The van der Waals surface area contributed by atoms with Crippen molar-refractivity contribution in [1.29, 1.82) is 0 Å². The molecule has 0 saturated heterocycles. The molecule has 4 heterocycles. The van der Waals surface area contributed by atoms with Crippen LogP contribution in [0.4, 0.5) is 10.1 Å². The fraction of sp³-hybridized carbons (Fsp3) is 0.0476. The molecule has 0 aliphatic heterocycles. The van der Waals surface area contributed by atoms with Gasteiger partial charge in [0.15, 0.2) is 5.82 Å². The number of benzene rings is 1. The average Bonchev–Trinajstić information content (AvgIpc) is 3.45. The number of hydrogen-bond donors (Lipinski definition) is 1. The molecule has 5 rings (SSSR count). The van der Waals surface area contributed by atoms with Gasteiger partial charge >= 0.3 is 0 Å². The number of nitrogens with one attached hydrogen (secondary N) is 1. The summed E-state index contributed by atoms with van der Waals surface area (Å²) in [6, 6.07) is 10.9. The van der Waals surface area contributed by atoms with E-state index in [9.17, 15) is 9.18 Å². The highest BCUT2D eigenvalue weighted by Crippen LogP contribution is 2.28. The van der Waals surface area contributed by atoms with Crippen molar-refractivity contribution < 1.29 is 13.7 Å². The van der Waals surface area contributed by atoms with Crippen LogP contribution >= 0.6 is 0 Å². The molecule has 0 saturated carbocycles. The molecule has 4 aromatic heterocycles. The molecule has 152 valence electrons. The van der Waals surface area contributed by atoms with Gasteiger partial charge in [0.05, 0.1) is 34.2 Å². The van der Waals surface area contributed by atoms with E-state index >= 15 is 0 Å². The lowest BCUT2D eigenvalue weighted by Crippen LogP contribution is -2.13. The van der Waals surface area contributed by atoms with Crippen molar-refractivity contribution in [3.63, 3.8) is 0 Å². The van der Waals surface area contributed by atoms with E-state index < -0.39 is 0 Å². The molecule has 0 fully saturated rings. The largest absolute Gasteiger partial charge is 0.335 e. The molecule has 0 spiro atoms. The van der Waals surface area contributed by atoms with E-state index in [-0.39, 0.29) is 17.4 Å². The van der Waals surface area contributed by atoms with Gasteiger partial charge in [-0.3, -0.25) is 4.79 Å². The Bertz CT molecular complexity index is 1380. The van der Waals surface area contributed by atoms with Gasteiger partial charge in [-0.25, -0.2) is 24.0 Å². The van der Waals surface area contributed by atoms with Crippen LogP contribution in [0.3, 0.4) is 0 Å². The number of aryl methyl sites for hydroxylation is 1. The Morgan fingerprint density at radius 1 is 1.16 bits per heavy atom. The molecule has 1 N–H and O–H groups in total. The lowest BCUT2D eigenvalue weighted by Gasteiger charge is -2.09. The van der Waals surface area contributed by atoms with Gasteiger partial charge in [0, 0.05) is 5.56 Å². The van der Waals surface area contributed by atoms with Crippen molar-refractivity contribution >= 4 is 22.7 Å². The summed E-state index contributed by atoms with van der Waals surface area (Å²) in [5.41, 5.74) is 2.71. The second-order valence-corrected chi connectivity index (χ2v) is 6.71. The average molecular weight is 415 g/mol. The lowest BCUT2D eigenvalue weighted by atomic mass is 10.0. The lowest BCUT2D eigenvalue weighted by molar-refractivity contribution is 0.102. The second-order valence-electron chi connectivity index (χ2n) is 6.71. The van der Waals surface area contributed by atoms with Crippen molar-refractivity contribution in [3.8, 4) is 17.1 Å². The summed E-state index contributed by atoms with van der Waals surface area (Å²) in [6.45, 7) is 1.73. The number of fused-ring (bicyclic) bond motifs is 1. The number of pyridine rings is 2. The van der Waals surface area contributed by atoms with Crippen LogP contribution in [0.2, 0.25) is 0 Å². The van der Waals surface area contributed by atoms with Crippen LogP contribution in [0.1, 0.15) is 16.1 Å². The molecule has 31 heavy (non-hydrogen) atoms. The Morgan fingerprint density at radius 2 is 2.00 bits per heavy atom. The van der Waals surface area contributed by atoms with E-state index in [0.29, 0.717) is 39.4 Å². The number of anilines is 1. The number of nitrogens with zero attached hydrogens (tertiary/aromatic N) is 6. The van der Waals surface area contributed by atoms with Crippen LogP contribution in [0.15, 0.2) is 65.8 Å². The van der Waals surface area contributed by atoms with Crippen molar-refractivity contribution in [3.05, 3.63) is 78.4 Å². The molecule has 1 amide bonds. The van der Waals surface area contributed by atoms with Gasteiger partial charge in [0.2, 0.25) is 0 Å². The first-order chi connectivity index (χ1) is 15.1. The molecule has 0 aliphatic rings. The molecular weight excluding hydrogens is 401 g/mol. The predicted octanol–water partition coefficient (Wildman–Crippen LogP) is 3.57. The maximum Gasteiger partial charge on any atom is 0.259 e. The maximum absolute atomic E-state index is 13.3. The molecular formula is C21H14FN7O2. The number of aromatic nitrogens is 6. The molecule has 0 radical (unpaired) electrons. The Labute approximate surface area is 174 Å². The molecule has 9 nitrogen and oxygen atoms in total. The van der Waals surface area contributed by atoms with Gasteiger partial charge < -0.3 is 9.84 Å². The monoisotopic (exact) mass is 415 g/mol. The molecule has 5 aromatic rings. The number of carbonyl (C=O) groups excluding carboxylic acids is 1. The zero-order valence-electron chi connectivity index (χ0n) is 16.2. The Balaban J connectivity index is 1.50. The van der Waals surface area contributed by atoms with E-state index in [1.807, 2.05) is 0 Å². The summed E-state index contributed by atoms with van der Waals surface area (Å²) < 4.78 is 20.1. The number of carbonyl (C=O) groups is 1. The highest BCUT2D eigenvalue weighted by molar-refractivity contribution is 6.13. The number of halogens is 1. The van der Waals surface area contributed by atoms with Gasteiger partial charge in [0.1, 0.15) is 18.5 Å². The Kier molecular flexibility index (Phi) is 4.43. The zero-order chi connectivity index (χ0) is 21.4. The van der Waals surface area contributed by atoms with Crippen molar-refractivity contribution in [2.24, 2.45) is 0 Å². The van der Waals surface area contributed by atoms with E-state index in [1.54, 1.807) is 37.3 Å².